The van der Waals surface area contributed by atoms with Gasteiger partial charge in [0.05, 0.1) is 5.56 Å². The number of piperidine rings is 1. The topological polar surface area (TPSA) is 86.6 Å². The maximum Gasteiger partial charge on any atom is 0.336 e. The molecule has 1 aliphatic carbocycles. The van der Waals surface area contributed by atoms with Crippen molar-refractivity contribution in [3.63, 3.8) is 0 Å². The van der Waals surface area contributed by atoms with Gasteiger partial charge in [-0.3, -0.25) is 4.79 Å². The average molecular weight is 370 g/mol. The third kappa shape index (κ3) is 3.87. The van der Waals surface area contributed by atoms with Crippen molar-refractivity contribution in [1.29, 1.82) is 0 Å². The van der Waals surface area contributed by atoms with Crippen LogP contribution in [0, 0.1) is 11.8 Å². The number of fused-ring (bicyclic) bond motifs is 1. The van der Waals surface area contributed by atoms with E-state index in [0.29, 0.717) is 33.4 Å². The van der Waals surface area contributed by atoms with Gasteiger partial charge in [0.25, 0.3) is 0 Å². The first-order chi connectivity index (χ1) is 11.4. The summed E-state index contributed by atoms with van der Waals surface area (Å²) in [5.74, 6) is -0.830. The van der Waals surface area contributed by atoms with Crippen LogP contribution in [-0.2, 0) is 4.79 Å². The van der Waals surface area contributed by atoms with Gasteiger partial charge >= 0.3 is 11.9 Å². The predicted molar refractivity (Wildman–Crippen MR) is 92.9 cm³/mol. The molecule has 0 aromatic heterocycles. The molecule has 0 amide bonds. The molecule has 1 aromatic carbocycles. The Hall–Kier alpha value is -1.24. The summed E-state index contributed by atoms with van der Waals surface area (Å²) >= 11 is 7.59. The summed E-state index contributed by atoms with van der Waals surface area (Å²) in [4.78, 5) is 23.3. The fourth-order valence-corrected chi connectivity index (χ4v) is 5.44. The lowest BCUT2D eigenvalue weighted by atomic mass is 9.73. The summed E-state index contributed by atoms with van der Waals surface area (Å²) in [5.41, 5.74) is 0.278. The molecule has 5 nitrogen and oxygen atoms in total. The first kappa shape index (κ1) is 17.6. The van der Waals surface area contributed by atoms with Crippen LogP contribution in [0.1, 0.15) is 36.0 Å². The highest BCUT2D eigenvalue weighted by Gasteiger charge is 2.38. The highest BCUT2D eigenvalue weighted by Crippen LogP contribution is 2.43. The summed E-state index contributed by atoms with van der Waals surface area (Å²) in [7, 11) is 0. The Kier molecular flexibility index (Phi) is 5.37. The molecule has 2 fully saturated rings. The zero-order chi connectivity index (χ0) is 17.3. The van der Waals surface area contributed by atoms with Crippen molar-refractivity contribution >= 4 is 35.3 Å². The number of carboxylic acids is 2. The fraction of sp³-hybridized carbons (Fsp3) is 0.529. The Morgan fingerprint density at radius 1 is 1.17 bits per heavy atom. The zero-order valence-electron chi connectivity index (χ0n) is 13.1. The molecule has 130 valence electrons. The second-order valence-corrected chi connectivity index (χ2v) is 8.33. The number of halogens is 1. The number of carboxylic acid groups (broad SMARTS) is 2. The van der Waals surface area contributed by atoms with Crippen LogP contribution in [0.3, 0.4) is 0 Å². The highest BCUT2D eigenvalue weighted by atomic mass is 35.5. The molecule has 7 heteroatoms. The molecular formula is C17H20ClNO4S. The SMILES string of the molecule is O=C(O)c1ccc(Cl)cc1S[C@H]1CC[C@H]2CN[C@H](C(=O)O)C[C@H]2C1. The summed E-state index contributed by atoms with van der Waals surface area (Å²) in [6.45, 7) is 0.760. The minimum atomic E-state index is -0.948. The van der Waals surface area contributed by atoms with E-state index in [9.17, 15) is 19.8 Å². The summed E-state index contributed by atoms with van der Waals surface area (Å²) < 4.78 is 0. The minimum Gasteiger partial charge on any atom is -0.480 e. The second kappa shape index (κ2) is 7.33. The van der Waals surface area contributed by atoms with Crippen molar-refractivity contribution in [2.45, 2.75) is 41.9 Å². The van der Waals surface area contributed by atoms with Crippen LogP contribution in [0.4, 0.5) is 0 Å². The molecule has 0 radical (unpaired) electrons. The molecule has 1 aromatic rings. The Morgan fingerprint density at radius 2 is 1.96 bits per heavy atom. The zero-order valence-corrected chi connectivity index (χ0v) is 14.6. The largest absolute Gasteiger partial charge is 0.480 e. The van der Waals surface area contributed by atoms with Crippen molar-refractivity contribution in [1.82, 2.24) is 5.32 Å². The van der Waals surface area contributed by atoms with E-state index in [0.717, 1.165) is 25.8 Å². The summed E-state index contributed by atoms with van der Waals surface area (Å²) in [5, 5.41) is 22.5. The molecule has 3 N–H and O–H groups in total. The van der Waals surface area contributed by atoms with E-state index in [4.69, 9.17) is 11.6 Å². The first-order valence-electron chi connectivity index (χ1n) is 8.09. The number of rotatable bonds is 4. The Balaban J connectivity index is 1.70. The van der Waals surface area contributed by atoms with Crippen LogP contribution in [0.25, 0.3) is 0 Å². The number of benzene rings is 1. The normalized spacial score (nSPS) is 29.7. The number of aliphatic carboxylic acids is 1. The molecule has 2 aliphatic rings. The fourth-order valence-electron chi connectivity index (χ4n) is 3.77. The van der Waals surface area contributed by atoms with Gasteiger partial charge in [-0.2, -0.15) is 0 Å². The molecule has 0 bridgehead atoms. The molecule has 1 saturated heterocycles. The third-order valence-electron chi connectivity index (χ3n) is 5.02. The van der Waals surface area contributed by atoms with Gasteiger partial charge in [0, 0.05) is 15.2 Å². The Bertz CT molecular complexity index is 653. The lowest BCUT2D eigenvalue weighted by molar-refractivity contribution is -0.141. The molecule has 0 unspecified atom stereocenters. The van der Waals surface area contributed by atoms with E-state index < -0.39 is 18.0 Å². The molecule has 3 rings (SSSR count). The minimum absolute atomic E-state index is 0.278. The van der Waals surface area contributed by atoms with Gasteiger partial charge in [-0.05, 0) is 62.3 Å². The van der Waals surface area contributed by atoms with Gasteiger partial charge in [-0.25, -0.2) is 4.79 Å². The number of nitrogens with one attached hydrogen (secondary N) is 1. The predicted octanol–water partition coefficient (Wildman–Crippen LogP) is 3.36. The van der Waals surface area contributed by atoms with Crippen LogP contribution >= 0.6 is 23.4 Å². The van der Waals surface area contributed by atoms with Gasteiger partial charge in [0.1, 0.15) is 6.04 Å². The van der Waals surface area contributed by atoms with Gasteiger partial charge in [-0.15, -0.1) is 11.8 Å². The van der Waals surface area contributed by atoms with E-state index >= 15 is 0 Å². The Labute approximate surface area is 149 Å². The number of aromatic carboxylic acids is 1. The molecule has 0 spiro atoms. The maximum absolute atomic E-state index is 11.4. The molecule has 1 saturated carbocycles. The van der Waals surface area contributed by atoms with Crippen LogP contribution in [-0.4, -0.2) is 40.0 Å². The second-order valence-electron chi connectivity index (χ2n) is 6.55. The van der Waals surface area contributed by atoms with Crippen LogP contribution in [0.15, 0.2) is 23.1 Å². The van der Waals surface area contributed by atoms with E-state index in [1.807, 2.05) is 0 Å². The van der Waals surface area contributed by atoms with Crippen molar-refractivity contribution in [2.75, 3.05) is 6.54 Å². The van der Waals surface area contributed by atoms with Gasteiger partial charge in [-0.1, -0.05) is 11.6 Å². The maximum atomic E-state index is 11.4. The summed E-state index contributed by atoms with van der Waals surface area (Å²) in [6, 6.07) is 4.39. The molecule has 1 heterocycles. The monoisotopic (exact) mass is 369 g/mol. The first-order valence-corrected chi connectivity index (χ1v) is 9.35. The van der Waals surface area contributed by atoms with Crippen LogP contribution in [0.2, 0.25) is 5.02 Å². The quantitative estimate of drug-likeness (QED) is 0.754. The van der Waals surface area contributed by atoms with Crippen molar-refractivity contribution in [2.24, 2.45) is 11.8 Å². The van der Waals surface area contributed by atoms with Gasteiger partial charge in [0.2, 0.25) is 0 Å². The number of hydrogen-bond acceptors (Lipinski definition) is 4. The smallest absolute Gasteiger partial charge is 0.336 e. The average Bonchev–Trinajstić information content (AvgIpc) is 2.54. The molecule has 4 atom stereocenters. The van der Waals surface area contributed by atoms with Gasteiger partial charge < -0.3 is 15.5 Å². The number of thioether (sulfide) groups is 1. The van der Waals surface area contributed by atoms with Crippen molar-refractivity contribution in [3.05, 3.63) is 28.8 Å². The lowest BCUT2D eigenvalue weighted by Crippen LogP contribution is -2.49. The van der Waals surface area contributed by atoms with Crippen LogP contribution < -0.4 is 5.32 Å². The summed E-state index contributed by atoms with van der Waals surface area (Å²) in [6.07, 6.45) is 3.63. The van der Waals surface area contributed by atoms with Gasteiger partial charge in [0.15, 0.2) is 0 Å². The number of carbonyl (C=O) groups is 2. The van der Waals surface area contributed by atoms with Crippen LogP contribution in [0.5, 0.6) is 0 Å². The molecule has 1 aliphatic heterocycles. The van der Waals surface area contributed by atoms with E-state index in [1.54, 1.807) is 30.0 Å². The lowest BCUT2D eigenvalue weighted by Gasteiger charge is -2.41. The third-order valence-corrected chi connectivity index (χ3v) is 6.61. The standard InChI is InChI=1S/C17H20ClNO4S/c18-11-2-4-13(16(20)21)15(7-11)24-12-3-1-9-8-19-14(17(22)23)6-10(9)5-12/h2,4,7,9-10,12,14,19H,1,3,5-6,8H2,(H,20,21)(H,22,23)/t9-,10+,12-,14-/m0/s1. The molecule has 24 heavy (non-hydrogen) atoms. The van der Waals surface area contributed by atoms with E-state index in [1.165, 1.54) is 0 Å². The highest BCUT2D eigenvalue weighted by molar-refractivity contribution is 8.00. The number of hydrogen-bond donors (Lipinski definition) is 3. The van der Waals surface area contributed by atoms with E-state index in [2.05, 4.69) is 5.32 Å². The van der Waals surface area contributed by atoms with E-state index in [-0.39, 0.29) is 5.56 Å². The molecular weight excluding hydrogens is 350 g/mol. The van der Waals surface area contributed by atoms with Crippen molar-refractivity contribution in [3.8, 4) is 0 Å². The Morgan fingerprint density at radius 3 is 2.67 bits per heavy atom. The van der Waals surface area contributed by atoms with Crippen molar-refractivity contribution < 1.29 is 19.8 Å².